The van der Waals surface area contributed by atoms with Gasteiger partial charge in [0.05, 0.1) is 6.30 Å². The molecule has 0 amide bonds. The molecule has 0 spiro atoms. The Kier molecular flexibility index (Phi) is 2.88. The maximum absolute atomic E-state index is 4.06. The van der Waals surface area contributed by atoms with Gasteiger partial charge in [0.2, 0.25) is 5.44 Å². The van der Waals surface area contributed by atoms with Crippen LogP contribution in [0.4, 0.5) is 0 Å². The number of H-pyrrole nitrogens is 1. The highest BCUT2D eigenvalue weighted by atomic mass is 31.1. The summed E-state index contributed by atoms with van der Waals surface area (Å²) >= 11 is 0. The van der Waals surface area contributed by atoms with Gasteiger partial charge in [0.15, 0.2) is 0 Å². The third-order valence-electron chi connectivity index (χ3n) is 1.96. The van der Waals surface area contributed by atoms with E-state index >= 15 is 0 Å². The molecule has 0 saturated heterocycles. The van der Waals surface area contributed by atoms with E-state index < -0.39 is 0 Å². The van der Waals surface area contributed by atoms with Gasteiger partial charge in [-0.1, -0.05) is 6.08 Å². The van der Waals surface area contributed by atoms with E-state index in [9.17, 15) is 0 Å². The number of nitrogens with one attached hydrogen (secondary N) is 1. The summed E-state index contributed by atoms with van der Waals surface area (Å²) in [6.45, 7) is 6.35. The summed E-state index contributed by atoms with van der Waals surface area (Å²) in [5.41, 5.74) is 3.94. The first-order valence-electron chi connectivity index (χ1n) is 4.01. The maximum atomic E-state index is 4.06. The Hall–Kier alpha value is -0.810. The predicted octanol–water partition coefficient (Wildman–Crippen LogP) is 2.61. The lowest BCUT2D eigenvalue weighted by Crippen LogP contribution is -2.01. The third kappa shape index (κ3) is 1.67. The zero-order valence-corrected chi connectivity index (χ0v) is 8.78. The lowest BCUT2D eigenvalue weighted by Gasteiger charge is -1.95. The van der Waals surface area contributed by atoms with Crippen LogP contribution < -0.4 is 5.44 Å². The largest absolute Gasteiger partial charge is 0.327 e. The number of aromatic amines is 1. The molecule has 0 radical (unpaired) electrons. The van der Waals surface area contributed by atoms with Crippen LogP contribution >= 0.6 is 7.55 Å². The van der Waals surface area contributed by atoms with Crippen LogP contribution in [0.5, 0.6) is 0 Å². The molecule has 64 valence electrons. The van der Waals surface area contributed by atoms with Gasteiger partial charge >= 0.3 is 0 Å². The summed E-state index contributed by atoms with van der Waals surface area (Å²) in [5.74, 6) is 0. The summed E-state index contributed by atoms with van der Waals surface area (Å²) in [6, 6.07) is 2.12. The quantitative estimate of drug-likeness (QED) is 0.673. The minimum absolute atomic E-state index is 0.264. The molecule has 1 nitrogen and oxygen atoms in total. The van der Waals surface area contributed by atoms with Crippen molar-refractivity contribution in [1.29, 1.82) is 0 Å². The molecular weight excluding hydrogens is 165 g/mol. The average molecular weight is 180 g/mol. The second kappa shape index (κ2) is 3.73. The molecule has 0 aliphatic rings. The number of hydrogen-bond acceptors (Lipinski definition) is 0. The Bertz CT molecular complexity index is 320. The first kappa shape index (κ1) is 9.28. The van der Waals surface area contributed by atoms with Crippen LogP contribution in [0.25, 0.3) is 5.57 Å². The van der Waals surface area contributed by atoms with Crippen molar-refractivity contribution in [3.8, 4) is 0 Å². The fourth-order valence-electron chi connectivity index (χ4n) is 1.15. The molecule has 0 aliphatic heterocycles. The highest BCUT2D eigenvalue weighted by molar-refractivity contribution is 7.62. The van der Waals surface area contributed by atoms with E-state index in [1.165, 1.54) is 16.6 Å². The van der Waals surface area contributed by atoms with Gasteiger partial charge in [-0.05, 0) is 25.5 Å². The summed E-state index contributed by atoms with van der Waals surface area (Å²) in [7, 11) is -0.264. The second-order valence-electron chi connectivity index (χ2n) is 2.91. The lowest BCUT2D eigenvalue weighted by atomic mass is 10.1. The third-order valence-corrected chi connectivity index (χ3v) is 3.10. The van der Waals surface area contributed by atoms with Gasteiger partial charge in [0.1, 0.15) is 14.2 Å². The Balaban J connectivity index is 3.16. The van der Waals surface area contributed by atoms with Crippen molar-refractivity contribution in [2.75, 3.05) is 6.66 Å². The predicted molar refractivity (Wildman–Crippen MR) is 59.7 cm³/mol. The zero-order chi connectivity index (χ0) is 9.14. The van der Waals surface area contributed by atoms with Crippen LogP contribution in [0.2, 0.25) is 0 Å². The van der Waals surface area contributed by atoms with Crippen LogP contribution in [-0.4, -0.2) is 17.9 Å². The summed E-state index contributed by atoms with van der Waals surface area (Å²) in [6.07, 6.45) is 8.18. The van der Waals surface area contributed by atoms with Crippen molar-refractivity contribution in [1.82, 2.24) is 4.98 Å². The molecule has 1 atom stereocenters. The summed E-state index contributed by atoms with van der Waals surface area (Å²) in [4.78, 5) is 3.25. The molecule has 1 heterocycles. The lowest BCUT2D eigenvalue weighted by molar-refractivity contribution is 1.47. The van der Waals surface area contributed by atoms with Crippen LogP contribution in [0.1, 0.15) is 19.4 Å². The molecule has 1 aromatic rings. The van der Waals surface area contributed by atoms with Gasteiger partial charge in [0, 0.05) is 11.8 Å². The summed E-state index contributed by atoms with van der Waals surface area (Å²) in [5, 5.41) is 0. The topological polar surface area (TPSA) is 15.8 Å². The van der Waals surface area contributed by atoms with E-state index in [-0.39, 0.29) is 7.55 Å². The van der Waals surface area contributed by atoms with Crippen molar-refractivity contribution < 1.29 is 0 Å². The van der Waals surface area contributed by atoms with Crippen LogP contribution in [0.3, 0.4) is 0 Å². The zero-order valence-electron chi connectivity index (χ0n) is 7.89. The molecule has 1 unspecified atom stereocenters. The Morgan fingerprint density at radius 2 is 2.33 bits per heavy atom. The fraction of sp³-hybridized carbons (Fsp3) is 0.300. The highest BCUT2D eigenvalue weighted by Gasteiger charge is 2.12. The molecule has 0 aromatic carbocycles. The minimum atomic E-state index is -0.264. The number of hydrogen-bond donors (Lipinski definition) is 1. The monoisotopic (exact) mass is 180 g/mol. The highest BCUT2D eigenvalue weighted by Crippen LogP contribution is 2.20. The first-order valence-corrected chi connectivity index (χ1v) is 5.99. The van der Waals surface area contributed by atoms with E-state index in [4.69, 9.17) is 0 Å². The van der Waals surface area contributed by atoms with E-state index in [1.54, 1.807) is 0 Å². The number of rotatable bonds is 2. The summed E-state index contributed by atoms with van der Waals surface area (Å²) < 4.78 is 0. The van der Waals surface area contributed by atoms with Crippen LogP contribution in [0, 0.1) is 0 Å². The van der Waals surface area contributed by atoms with E-state index in [0.717, 1.165) is 0 Å². The van der Waals surface area contributed by atoms with Crippen molar-refractivity contribution in [2.24, 2.45) is 0 Å². The molecule has 1 N–H and O–H groups in total. The van der Waals surface area contributed by atoms with Crippen molar-refractivity contribution in [3.05, 3.63) is 23.9 Å². The molecule has 1 rings (SSSR count). The molecule has 0 fully saturated rings. The van der Waals surface area contributed by atoms with Gasteiger partial charge < -0.3 is 4.98 Å². The molecule has 12 heavy (non-hydrogen) atoms. The van der Waals surface area contributed by atoms with Crippen LogP contribution in [-0.2, 0) is 0 Å². The normalized spacial score (nSPS) is 13.2. The molecule has 0 aliphatic carbocycles. The smallest absolute Gasteiger partial charge is 0.223 e. The number of aromatic nitrogens is 1. The van der Waals surface area contributed by atoms with E-state index in [2.05, 4.69) is 43.9 Å². The number of allylic oxidation sites excluding steroid dienone is 2. The average Bonchev–Trinajstić information content (AvgIpc) is 2.50. The van der Waals surface area contributed by atoms with Gasteiger partial charge in [-0.25, -0.2) is 0 Å². The molecule has 2 heteroatoms. The van der Waals surface area contributed by atoms with Gasteiger partial charge in [-0.2, -0.15) is 0 Å². The Morgan fingerprint density at radius 3 is 2.83 bits per heavy atom. The first-order chi connectivity index (χ1) is 5.66. The van der Waals surface area contributed by atoms with E-state index in [0.29, 0.717) is 0 Å². The molecule has 0 bridgehead atoms. The maximum Gasteiger partial charge on any atom is 0.223 e. The SMILES string of the molecule is C=[P+](C)c1[nH]ccc1/C(C)=C\C. The standard InChI is InChI=1S/C10H15NP/c1-5-8(2)9-6-7-11-10(9)12(3)4/h5-7,11H,3H2,1-2,4H3/q+1/b8-5-. The van der Waals surface area contributed by atoms with Crippen molar-refractivity contribution in [2.45, 2.75) is 13.8 Å². The van der Waals surface area contributed by atoms with E-state index in [1.807, 2.05) is 6.20 Å². The molecule has 0 saturated carbocycles. The minimum Gasteiger partial charge on any atom is -0.327 e. The Morgan fingerprint density at radius 1 is 1.67 bits per heavy atom. The van der Waals surface area contributed by atoms with Gasteiger partial charge in [-0.3, -0.25) is 0 Å². The fourth-order valence-corrected chi connectivity index (χ4v) is 2.11. The molecular formula is C10H15NP+. The molecule has 1 aromatic heterocycles. The van der Waals surface area contributed by atoms with Gasteiger partial charge in [-0.15, -0.1) is 0 Å². The second-order valence-corrected chi connectivity index (χ2v) is 4.75. The van der Waals surface area contributed by atoms with Crippen LogP contribution in [0.15, 0.2) is 18.3 Å². The van der Waals surface area contributed by atoms with Crippen molar-refractivity contribution >= 4 is 24.9 Å². The Labute approximate surface area is 74.9 Å². The van der Waals surface area contributed by atoms with Crippen molar-refractivity contribution in [3.63, 3.8) is 0 Å². The van der Waals surface area contributed by atoms with Gasteiger partial charge in [0.25, 0.3) is 0 Å².